The third-order valence-electron chi connectivity index (χ3n) is 9.31. The predicted molar refractivity (Wildman–Crippen MR) is 164 cm³/mol. The van der Waals surface area contributed by atoms with Crippen LogP contribution in [-0.4, -0.2) is 73.2 Å². The van der Waals surface area contributed by atoms with E-state index in [0.717, 1.165) is 17.7 Å². The largest absolute Gasteiger partial charge is 0.496 e. The van der Waals surface area contributed by atoms with Gasteiger partial charge in [0.2, 0.25) is 0 Å². The van der Waals surface area contributed by atoms with Gasteiger partial charge in [-0.25, -0.2) is 0 Å². The number of hydrogen-bond acceptors (Lipinski definition) is 5. The molecule has 0 bridgehead atoms. The lowest BCUT2D eigenvalue weighted by Crippen LogP contribution is -2.60. The Labute approximate surface area is 256 Å². The summed E-state index contributed by atoms with van der Waals surface area (Å²) in [5.74, 6) is -0.150. The molecule has 2 aliphatic heterocycles. The van der Waals surface area contributed by atoms with Crippen molar-refractivity contribution in [2.24, 2.45) is 0 Å². The predicted octanol–water partition coefficient (Wildman–Crippen LogP) is 6.30. The summed E-state index contributed by atoms with van der Waals surface area (Å²) in [5, 5.41) is 11.6. The van der Waals surface area contributed by atoms with Gasteiger partial charge in [-0.3, -0.25) is 14.5 Å². The van der Waals surface area contributed by atoms with E-state index in [4.69, 9.17) is 32.7 Å². The lowest BCUT2D eigenvalue weighted by Gasteiger charge is -2.52. The average Bonchev–Trinajstić information content (AvgIpc) is 3.48. The number of carbonyl (C=O) groups excluding carboxylic acids is 1. The van der Waals surface area contributed by atoms with Crippen molar-refractivity contribution < 1.29 is 24.2 Å². The van der Waals surface area contributed by atoms with E-state index in [2.05, 4.69) is 11.8 Å². The standard InChI is InChI=1S/C33H36Cl2N2O5/c1-4-36-17-15-32(31(39)40,22-9-6-5-7-10-22)20-28(36)33(23-13-14-24(34)25(35)19-23)16-18-37(21-33)30(38)29-26(41-2)11-8-12-27(29)42-3/h5-14,19,28H,4,15-18,20-21H2,1-3H3,(H,39,40). The maximum absolute atomic E-state index is 14.1. The molecule has 0 aliphatic carbocycles. The van der Waals surface area contributed by atoms with E-state index >= 15 is 0 Å². The molecule has 1 N–H and O–H groups in total. The lowest BCUT2D eigenvalue weighted by atomic mass is 9.62. The van der Waals surface area contributed by atoms with Gasteiger partial charge in [-0.2, -0.15) is 0 Å². The summed E-state index contributed by atoms with van der Waals surface area (Å²) in [7, 11) is 3.07. The molecular weight excluding hydrogens is 575 g/mol. The SMILES string of the molecule is CCN1CCC(C(=O)O)(c2ccccc2)CC1C1(c2ccc(Cl)c(Cl)c2)CCN(C(=O)c2c(OC)cccc2OC)C1. The topological polar surface area (TPSA) is 79.3 Å². The molecule has 222 valence electrons. The van der Waals surface area contributed by atoms with E-state index in [-0.39, 0.29) is 11.9 Å². The first-order valence-corrected chi connectivity index (χ1v) is 14.9. The number of carbonyl (C=O) groups is 2. The Morgan fingerprint density at radius 1 is 0.905 bits per heavy atom. The highest BCUT2D eigenvalue weighted by atomic mass is 35.5. The number of hydrogen-bond donors (Lipinski definition) is 1. The van der Waals surface area contributed by atoms with Crippen LogP contribution in [0.15, 0.2) is 66.7 Å². The molecule has 1 amide bonds. The molecule has 7 nitrogen and oxygen atoms in total. The van der Waals surface area contributed by atoms with E-state index in [0.29, 0.717) is 66.0 Å². The van der Waals surface area contributed by atoms with Gasteiger partial charge >= 0.3 is 5.97 Å². The maximum Gasteiger partial charge on any atom is 0.314 e. The number of methoxy groups -OCH3 is 2. The molecule has 0 saturated carbocycles. The van der Waals surface area contributed by atoms with Gasteiger partial charge in [-0.05, 0) is 67.7 Å². The number of carboxylic acid groups (broad SMARTS) is 1. The maximum atomic E-state index is 14.1. The van der Waals surface area contributed by atoms with E-state index in [1.165, 1.54) is 14.2 Å². The first-order valence-electron chi connectivity index (χ1n) is 14.2. The van der Waals surface area contributed by atoms with Crippen LogP contribution in [0.5, 0.6) is 11.5 Å². The zero-order valence-electron chi connectivity index (χ0n) is 24.1. The number of benzene rings is 3. The molecule has 2 saturated heterocycles. The van der Waals surface area contributed by atoms with Gasteiger partial charge in [0.25, 0.3) is 5.91 Å². The van der Waals surface area contributed by atoms with Gasteiger partial charge in [-0.15, -0.1) is 0 Å². The fraction of sp³-hybridized carbons (Fsp3) is 0.394. The number of likely N-dealkylation sites (N-methyl/N-ethyl adjacent to an activating group) is 1. The normalized spacial score (nSPS) is 24.4. The minimum absolute atomic E-state index is 0.192. The van der Waals surface area contributed by atoms with Gasteiger partial charge in [0.1, 0.15) is 17.1 Å². The summed E-state index contributed by atoms with van der Waals surface area (Å²) in [6, 6.07) is 20.3. The Morgan fingerprint density at radius 3 is 2.19 bits per heavy atom. The van der Waals surface area contributed by atoms with E-state index < -0.39 is 16.8 Å². The summed E-state index contributed by atoms with van der Waals surface area (Å²) >= 11 is 12.9. The summed E-state index contributed by atoms with van der Waals surface area (Å²) in [5.41, 5.74) is 0.437. The molecule has 2 heterocycles. The van der Waals surface area contributed by atoms with Crippen molar-refractivity contribution in [3.05, 3.63) is 93.5 Å². The van der Waals surface area contributed by atoms with E-state index in [1.807, 2.05) is 47.4 Å². The Bertz CT molecular complexity index is 1450. The Kier molecular flexibility index (Phi) is 8.74. The number of likely N-dealkylation sites (tertiary alicyclic amines) is 2. The Hall–Kier alpha value is -3.26. The Morgan fingerprint density at radius 2 is 1.60 bits per heavy atom. The van der Waals surface area contributed by atoms with Crippen molar-refractivity contribution in [3.8, 4) is 11.5 Å². The van der Waals surface area contributed by atoms with Crippen molar-refractivity contribution in [2.75, 3.05) is 40.4 Å². The molecule has 3 unspecified atom stereocenters. The van der Waals surface area contributed by atoms with Crippen molar-refractivity contribution in [3.63, 3.8) is 0 Å². The van der Waals surface area contributed by atoms with Crippen LogP contribution in [0.25, 0.3) is 0 Å². The molecule has 3 atom stereocenters. The number of aliphatic carboxylic acids is 1. The highest BCUT2D eigenvalue weighted by Crippen LogP contribution is 2.50. The van der Waals surface area contributed by atoms with Gasteiger partial charge < -0.3 is 19.5 Å². The second-order valence-corrected chi connectivity index (χ2v) is 12.0. The van der Waals surface area contributed by atoms with Crippen molar-refractivity contribution >= 4 is 35.1 Å². The Balaban J connectivity index is 1.63. The summed E-state index contributed by atoms with van der Waals surface area (Å²) < 4.78 is 11.1. The summed E-state index contributed by atoms with van der Waals surface area (Å²) in [6.45, 7) is 4.30. The molecule has 0 radical (unpaired) electrons. The highest BCUT2D eigenvalue weighted by Gasteiger charge is 2.56. The molecular formula is C33H36Cl2N2O5. The van der Waals surface area contributed by atoms with E-state index in [9.17, 15) is 14.7 Å². The molecule has 3 aromatic rings. The van der Waals surface area contributed by atoms with Crippen LogP contribution < -0.4 is 9.47 Å². The van der Waals surface area contributed by atoms with Crippen molar-refractivity contribution in [1.29, 1.82) is 0 Å². The second kappa shape index (κ2) is 12.2. The fourth-order valence-electron chi connectivity index (χ4n) is 7.04. The van der Waals surface area contributed by atoms with Crippen LogP contribution >= 0.6 is 23.2 Å². The first-order chi connectivity index (χ1) is 20.2. The average molecular weight is 612 g/mol. The fourth-order valence-corrected chi connectivity index (χ4v) is 7.34. The number of amides is 1. The number of nitrogens with zero attached hydrogens (tertiary/aromatic N) is 2. The zero-order chi connectivity index (χ0) is 30.1. The molecule has 2 fully saturated rings. The number of ether oxygens (including phenoxy) is 2. The quantitative estimate of drug-likeness (QED) is 0.322. The smallest absolute Gasteiger partial charge is 0.314 e. The van der Waals surface area contributed by atoms with Gasteiger partial charge in [0.15, 0.2) is 0 Å². The van der Waals surface area contributed by atoms with Crippen LogP contribution in [0, 0.1) is 0 Å². The van der Waals surface area contributed by atoms with Crippen LogP contribution in [0.2, 0.25) is 10.0 Å². The summed E-state index contributed by atoms with van der Waals surface area (Å²) in [4.78, 5) is 31.5. The third kappa shape index (κ3) is 5.12. The highest BCUT2D eigenvalue weighted by molar-refractivity contribution is 6.42. The molecule has 42 heavy (non-hydrogen) atoms. The monoisotopic (exact) mass is 610 g/mol. The second-order valence-electron chi connectivity index (χ2n) is 11.2. The van der Waals surface area contributed by atoms with Crippen LogP contribution in [0.4, 0.5) is 0 Å². The van der Waals surface area contributed by atoms with Crippen molar-refractivity contribution in [2.45, 2.75) is 43.1 Å². The molecule has 0 spiro atoms. The minimum Gasteiger partial charge on any atom is -0.496 e. The van der Waals surface area contributed by atoms with Crippen LogP contribution in [0.3, 0.4) is 0 Å². The molecule has 0 aromatic heterocycles. The van der Waals surface area contributed by atoms with Gasteiger partial charge in [0, 0.05) is 24.5 Å². The number of piperidine rings is 1. The number of rotatable bonds is 8. The van der Waals surface area contributed by atoms with Crippen LogP contribution in [-0.2, 0) is 15.6 Å². The van der Waals surface area contributed by atoms with E-state index in [1.54, 1.807) is 24.3 Å². The first kappa shape index (κ1) is 30.2. The van der Waals surface area contributed by atoms with Crippen molar-refractivity contribution in [1.82, 2.24) is 9.80 Å². The lowest BCUT2D eigenvalue weighted by molar-refractivity contribution is -0.147. The summed E-state index contributed by atoms with van der Waals surface area (Å²) in [6.07, 6.45) is 1.51. The van der Waals surface area contributed by atoms with Gasteiger partial charge in [-0.1, -0.05) is 72.6 Å². The van der Waals surface area contributed by atoms with Gasteiger partial charge in [0.05, 0.1) is 29.7 Å². The zero-order valence-corrected chi connectivity index (χ0v) is 25.6. The van der Waals surface area contributed by atoms with Crippen LogP contribution in [0.1, 0.15) is 47.7 Å². The number of halogens is 2. The minimum atomic E-state index is -1.07. The third-order valence-corrected chi connectivity index (χ3v) is 10.1. The molecule has 9 heteroatoms. The molecule has 5 rings (SSSR count). The molecule has 3 aromatic carbocycles. The number of carboxylic acids is 1. The molecule has 2 aliphatic rings.